The first-order valence-electron chi connectivity index (χ1n) is 7.45. The van der Waals surface area contributed by atoms with Crippen molar-refractivity contribution in [3.63, 3.8) is 0 Å². The lowest BCUT2D eigenvalue weighted by atomic mass is 10.3. The molecule has 0 saturated carbocycles. The van der Waals surface area contributed by atoms with E-state index in [2.05, 4.69) is 0 Å². The van der Waals surface area contributed by atoms with E-state index < -0.39 is 10.8 Å². The van der Waals surface area contributed by atoms with Crippen molar-refractivity contribution in [1.82, 2.24) is 4.90 Å². The van der Waals surface area contributed by atoms with E-state index in [9.17, 15) is 9.00 Å². The first kappa shape index (κ1) is 18.0. The van der Waals surface area contributed by atoms with E-state index in [1.165, 1.54) is 0 Å². The molecule has 1 aromatic carbocycles. The van der Waals surface area contributed by atoms with Crippen LogP contribution in [0.1, 0.15) is 12.8 Å². The first-order chi connectivity index (χ1) is 10.6. The highest BCUT2D eigenvalue weighted by Gasteiger charge is 2.24. The molecule has 2 aliphatic rings. The summed E-state index contributed by atoms with van der Waals surface area (Å²) in [6.07, 6.45) is 1.12. The number of fused-ring (bicyclic) bond motifs is 1. The maximum absolute atomic E-state index is 12.3. The molecule has 0 spiro atoms. The number of nitrogens with zero attached hydrogens (tertiary/aromatic N) is 1. The van der Waals surface area contributed by atoms with Crippen molar-refractivity contribution in [2.45, 2.75) is 23.8 Å². The van der Waals surface area contributed by atoms with E-state index in [1.54, 1.807) is 23.1 Å². The van der Waals surface area contributed by atoms with Crippen molar-refractivity contribution in [3.8, 4) is 11.5 Å². The monoisotopic (exact) mass is 360 g/mol. The van der Waals surface area contributed by atoms with Gasteiger partial charge in [-0.15, -0.1) is 12.4 Å². The Hall–Kier alpha value is -1.31. The largest absolute Gasteiger partial charge is 0.486 e. The zero-order valence-electron chi connectivity index (χ0n) is 12.7. The molecule has 2 N–H and O–H groups in total. The van der Waals surface area contributed by atoms with Crippen LogP contribution in [0.5, 0.6) is 11.5 Å². The predicted molar refractivity (Wildman–Crippen MR) is 89.7 cm³/mol. The number of carbonyl (C=O) groups excluding carboxylic acids is 1. The van der Waals surface area contributed by atoms with Gasteiger partial charge in [0.05, 0.1) is 10.8 Å². The van der Waals surface area contributed by atoms with Crippen molar-refractivity contribution in [2.24, 2.45) is 5.73 Å². The summed E-state index contributed by atoms with van der Waals surface area (Å²) in [6.45, 7) is 2.34. The standard InChI is InChI=1S/C15H20N2O4S.ClH/c16-11-3-5-17(10-11)15(18)4-8-22(19)12-1-2-13-14(9-12)21-7-6-20-13;/h1-2,9,11H,3-8,10,16H2;1H/t11-,22?;/m1./s1. The number of carbonyl (C=O) groups is 1. The van der Waals surface area contributed by atoms with Crippen LogP contribution < -0.4 is 15.2 Å². The maximum atomic E-state index is 12.3. The Kier molecular flexibility index (Phi) is 6.26. The molecule has 8 heteroatoms. The second-order valence-corrected chi connectivity index (χ2v) is 7.06. The minimum absolute atomic E-state index is 0. The predicted octanol–water partition coefficient (Wildman–Crippen LogP) is 0.937. The first-order valence-corrected chi connectivity index (χ1v) is 8.77. The zero-order valence-corrected chi connectivity index (χ0v) is 14.4. The van der Waals surface area contributed by atoms with Gasteiger partial charge < -0.3 is 20.1 Å². The number of rotatable bonds is 4. The van der Waals surface area contributed by atoms with Crippen LogP contribution in [0.3, 0.4) is 0 Å². The van der Waals surface area contributed by atoms with Gasteiger partial charge in [0.25, 0.3) is 0 Å². The molecule has 2 aliphatic heterocycles. The van der Waals surface area contributed by atoms with Crippen molar-refractivity contribution in [3.05, 3.63) is 18.2 Å². The smallest absolute Gasteiger partial charge is 0.223 e. The van der Waals surface area contributed by atoms with Crippen molar-refractivity contribution >= 4 is 29.1 Å². The van der Waals surface area contributed by atoms with Crippen LogP contribution in [-0.4, -0.2) is 53.1 Å². The highest BCUT2D eigenvalue weighted by Crippen LogP contribution is 2.31. The van der Waals surface area contributed by atoms with Gasteiger partial charge in [-0.3, -0.25) is 9.00 Å². The van der Waals surface area contributed by atoms with Crippen LogP contribution in [0.15, 0.2) is 23.1 Å². The van der Waals surface area contributed by atoms with Gasteiger partial charge in [0.2, 0.25) is 5.91 Å². The SMILES string of the molecule is Cl.N[C@@H]1CCN(C(=O)CCS(=O)c2ccc3c(c2)OCCO3)C1. The molecule has 3 rings (SSSR count). The summed E-state index contributed by atoms with van der Waals surface area (Å²) in [6, 6.07) is 5.34. The average Bonchev–Trinajstić information content (AvgIpc) is 2.98. The van der Waals surface area contributed by atoms with Crippen molar-refractivity contribution < 1.29 is 18.5 Å². The van der Waals surface area contributed by atoms with Gasteiger partial charge in [0.1, 0.15) is 13.2 Å². The normalized spacial score (nSPS) is 20.7. The molecule has 0 bridgehead atoms. The Balaban J connectivity index is 0.00000192. The van der Waals surface area contributed by atoms with Crippen LogP contribution >= 0.6 is 12.4 Å². The van der Waals surface area contributed by atoms with Crippen LogP contribution in [0.2, 0.25) is 0 Å². The van der Waals surface area contributed by atoms with Crippen LogP contribution in [0.4, 0.5) is 0 Å². The van der Waals surface area contributed by atoms with Crippen molar-refractivity contribution in [1.29, 1.82) is 0 Å². The van der Waals surface area contributed by atoms with Gasteiger partial charge >= 0.3 is 0 Å². The molecule has 0 aliphatic carbocycles. The summed E-state index contributed by atoms with van der Waals surface area (Å²) >= 11 is 0. The van der Waals surface area contributed by atoms with Gasteiger partial charge in [-0.25, -0.2) is 0 Å². The summed E-state index contributed by atoms with van der Waals surface area (Å²) in [7, 11) is -1.23. The molecule has 1 amide bonds. The number of hydrogen-bond donors (Lipinski definition) is 1. The van der Waals surface area contributed by atoms with E-state index >= 15 is 0 Å². The van der Waals surface area contributed by atoms with Gasteiger partial charge in [0.15, 0.2) is 11.5 Å². The number of amides is 1. The second kappa shape index (κ2) is 7.99. The highest BCUT2D eigenvalue weighted by atomic mass is 35.5. The number of halogens is 1. The van der Waals surface area contributed by atoms with E-state index in [-0.39, 0.29) is 30.8 Å². The van der Waals surface area contributed by atoms with Gasteiger partial charge in [-0.1, -0.05) is 0 Å². The fraction of sp³-hybridized carbons (Fsp3) is 0.533. The Labute approximate surface area is 144 Å². The third kappa shape index (κ3) is 4.37. The van der Waals surface area contributed by atoms with Crippen LogP contribution in [-0.2, 0) is 15.6 Å². The fourth-order valence-corrected chi connectivity index (χ4v) is 3.69. The molecule has 1 aromatic rings. The number of likely N-dealkylation sites (tertiary alicyclic amines) is 1. The molecule has 1 fully saturated rings. The minimum Gasteiger partial charge on any atom is -0.486 e. The lowest BCUT2D eigenvalue weighted by Gasteiger charge is -2.19. The maximum Gasteiger partial charge on any atom is 0.223 e. The van der Waals surface area contributed by atoms with Gasteiger partial charge in [0, 0.05) is 42.3 Å². The molecule has 128 valence electrons. The summed E-state index contributed by atoms with van der Waals surface area (Å²) in [5, 5.41) is 0. The Morgan fingerprint density at radius 1 is 1.30 bits per heavy atom. The zero-order chi connectivity index (χ0) is 15.5. The third-order valence-electron chi connectivity index (χ3n) is 3.86. The molecule has 6 nitrogen and oxygen atoms in total. The molecular weight excluding hydrogens is 340 g/mol. The number of nitrogens with two attached hydrogens (primary N) is 1. The number of hydrogen-bond acceptors (Lipinski definition) is 5. The molecule has 1 saturated heterocycles. The van der Waals surface area contributed by atoms with Crippen LogP contribution in [0, 0.1) is 0 Å². The molecule has 0 radical (unpaired) electrons. The van der Waals surface area contributed by atoms with Crippen molar-refractivity contribution in [2.75, 3.05) is 32.1 Å². The molecule has 0 aromatic heterocycles. The quantitative estimate of drug-likeness (QED) is 0.864. The molecule has 2 heterocycles. The van der Waals surface area contributed by atoms with Crippen LogP contribution in [0.25, 0.3) is 0 Å². The van der Waals surface area contributed by atoms with E-state index in [4.69, 9.17) is 15.2 Å². The molecule has 23 heavy (non-hydrogen) atoms. The summed E-state index contributed by atoms with van der Waals surface area (Å²) in [5.74, 6) is 1.63. The lowest BCUT2D eigenvalue weighted by Crippen LogP contribution is -2.32. The fourth-order valence-electron chi connectivity index (χ4n) is 2.64. The number of ether oxygens (including phenoxy) is 2. The van der Waals surface area contributed by atoms with E-state index in [1.807, 2.05) is 0 Å². The molecule has 1 unspecified atom stereocenters. The Morgan fingerprint density at radius 2 is 2.04 bits per heavy atom. The van der Waals surface area contributed by atoms with Gasteiger partial charge in [-0.05, 0) is 18.6 Å². The average molecular weight is 361 g/mol. The topological polar surface area (TPSA) is 81.9 Å². The Morgan fingerprint density at radius 3 is 2.74 bits per heavy atom. The van der Waals surface area contributed by atoms with E-state index in [0.29, 0.717) is 48.5 Å². The Bertz CT molecular complexity index is 599. The summed E-state index contributed by atoms with van der Waals surface area (Å²) in [4.78, 5) is 14.5. The van der Waals surface area contributed by atoms with Gasteiger partial charge in [-0.2, -0.15) is 0 Å². The molecular formula is C15H21ClN2O4S. The second-order valence-electron chi connectivity index (χ2n) is 5.49. The summed E-state index contributed by atoms with van der Waals surface area (Å²) < 4.78 is 23.3. The van der Waals surface area contributed by atoms with E-state index in [0.717, 1.165) is 6.42 Å². The third-order valence-corrected chi connectivity index (χ3v) is 5.21. The lowest BCUT2D eigenvalue weighted by molar-refractivity contribution is -0.129. The minimum atomic E-state index is -1.23. The molecule has 2 atom stereocenters. The summed E-state index contributed by atoms with van der Waals surface area (Å²) in [5.41, 5.74) is 5.80. The number of benzene rings is 1. The highest BCUT2D eigenvalue weighted by molar-refractivity contribution is 7.85.